The summed E-state index contributed by atoms with van der Waals surface area (Å²) in [6, 6.07) is 20.0. The summed E-state index contributed by atoms with van der Waals surface area (Å²) in [6.45, 7) is 5.78. The summed E-state index contributed by atoms with van der Waals surface area (Å²) >= 11 is 0. The minimum atomic E-state index is -0.548. The summed E-state index contributed by atoms with van der Waals surface area (Å²) in [7, 11) is 1.32. The molecule has 4 nitrogen and oxygen atoms in total. The van der Waals surface area contributed by atoms with Gasteiger partial charge in [-0.3, -0.25) is 0 Å². The Bertz CT molecular complexity index is 757. The van der Waals surface area contributed by atoms with Crippen LogP contribution in [0.25, 0.3) is 0 Å². The third-order valence-corrected chi connectivity index (χ3v) is 4.46. The second-order valence-corrected chi connectivity index (χ2v) is 6.92. The largest absolute Gasteiger partial charge is 0.459 e. The molecule has 0 fully saturated rings. The Morgan fingerprint density at radius 1 is 0.966 bits per heavy atom. The minimum absolute atomic E-state index is 0.396. The van der Waals surface area contributed by atoms with Crippen molar-refractivity contribution in [3.05, 3.63) is 84.4 Å². The molecule has 0 aliphatic heterocycles. The Hall–Kier alpha value is -2.87. The molecule has 152 valence electrons. The summed E-state index contributed by atoms with van der Waals surface area (Å²) in [6.07, 6.45) is 2.95. The zero-order chi connectivity index (χ0) is 20.8. The standard InChI is InChI=1S/C25H28O4/c1-3-16-25(17-10-15-24(26)27-2,20-28-18-22-11-6-4-7-12-22)21-29-19-23-13-8-5-9-14-23/h3-9,11-14H,1,16-21H2,2H3. The Balaban J connectivity index is 2.04. The first-order valence-corrected chi connectivity index (χ1v) is 9.58. The average molecular weight is 392 g/mol. The number of benzene rings is 2. The highest BCUT2D eigenvalue weighted by Crippen LogP contribution is 2.29. The van der Waals surface area contributed by atoms with Gasteiger partial charge in [0.2, 0.25) is 0 Å². The van der Waals surface area contributed by atoms with Crippen molar-refractivity contribution < 1.29 is 19.0 Å². The molecule has 29 heavy (non-hydrogen) atoms. The second-order valence-electron chi connectivity index (χ2n) is 6.92. The molecule has 2 aromatic carbocycles. The maximum atomic E-state index is 11.4. The van der Waals surface area contributed by atoms with Gasteiger partial charge in [0.1, 0.15) is 0 Å². The van der Waals surface area contributed by atoms with Gasteiger partial charge in [-0.15, -0.1) is 6.58 Å². The summed E-state index contributed by atoms with van der Waals surface area (Å²) in [5.74, 6) is 4.88. The van der Waals surface area contributed by atoms with Crippen LogP contribution >= 0.6 is 0 Å². The molecule has 0 aliphatic carbocycles. The van der Waals surface area contributed by atoms with Crippen molar-refractivity contribution in [3.8, 4) is 11.8 Å². The van der Waals surface area contributed by atoms with Crippen LogP contribution in [0.3, 0.4) is 0 Å². The van der Waals surface area contributed by atoms with E-state index in [0.717, 1.165) is 11.1 Å². The molecule has 4 heteroatoms. The zero-order valence-electron chi connectivity index (χ0n) is 16.9. The number of ether oxygens (including phenoxy) is 3. The molecule has 0 saturated carbocycles. The van der Waals surface area contributed by atoms with Crippen LogP contribution in [0.5, 0.6) is 0 Å². The SMILES string of the molecule is C=CCC(CC#CC(=O)OC)(COCc1ccccc1)COCc1ccccc1. The van der Waals surface area contributed by atoms with Crippen molar-refractivity contribution in [2.75, 3.05) is 20.3 Å². The highest BCUT2D eigenvalue weighted by atomic mass is 16.5. The van der Waals surface area contributed by atoms with Crippen LogP contribution < -0.4 is 0 Å². The van der Waals surface area contributed by atoms with E-state index < -0.39 is 11.4 Å². The number of esters is 1. The number of allylic oxidation sites excluding steroid dienone is 1. The van der Waals surface area contributed by atoms with Gasteiger partial charge in [0.25, 0.3) is 0 Å². The Labute approximate surface area is 173 Å². The van der Waals surface area contributed by atoms with E-state index >= 15 is 0 Å². The number of carbonyl (C=O) groups is 1. The van der Waals surface area contributed by atoms with E-state index in [1.165, 1.54) is 7.11 Å². The van der Waals surface area contributed by atoms with Crippen LogP contribution in [0.4, 0.5) is 0 Å². The first-order chi connectivity index (χ1) is 14.2. The smallest absolute Gasteiger partial charge is 0.384 e. The lowest BCUT2D eigenvalue weighted by atomic mass is 9.83. The van der Waals surface area contributed by atoms with Crippen molar-refractivity contribution in [1.82, 2.24) is 0 Å². The molecular weight excluding hydrogens is 364 g/mol. The van der Waals surface area contributed by atoms with Gasteiger partial charge in [-0.05, 0) is 17.5 Å². The Morgan fingerprint density at radius 2 is 1.48 bits per heavy atom. The van der Waals surface area contributed by atoms with Crippen LogP contribution in [0.1, 0.15) is 24.0 Å². The highest BCUT2D eigenvalue weighted by molar-refractivity contribution is 5.88. The van der Waals surface area contributed by atoms with Crippen molar-refractivity contribution in [2.45, 2.75) is 26.1 Å². The van der Waals surface area contributed by atoms with Crippen molar-refractivity contribution in [2.24, 2.45) is 5.41 Å². The van der Waals surface area contributed by atoms with E-state index in [2.05, 4.69) is 23.2 Å². The van der Waals surface area contributed by atoms with Gasteiger partial charge >= 0.3 is 5.97 Å². The van der Waals surface area contributed by atoms with Gasteiger partial charge in [-0.2, -0.15) is 0 Å². The quantitative estimate of drug-likeness (QED) is 0.244. The first kappa shape index (κ1) is 22.4. The van der Waals surface area contributed by atoms with E-state index in [1.54, 1.807) is 0 Å². The minimum Gasteiger partial charge on any atom is -0.459 e. The molecule has 2 rings (SSSR count). The lowest BCUT2D eigenvalue weighted by Crippen LogP contribution is -2.32. The number of hydrogen-bond donors (Lipinski definition) is 0. The van der Waals surface area contributed by atoms with E-state index in [9.17, 15) is 4.79 Å². The number of rotatable bonds is 11. The van der Waals surface area contributed by atoms with Gasteiger partial charge in [0, 0.05) is 17.8 Å². The highest BCUT2D eigenvalue weighted by Gasteiger charge is 2.29. The molecule has 0 aliphatic rings. The van der Waals surface area contributed by atoms with Crippen LogP contribution in [0.15, 0.2) is 73.3 Å². The van der Waals surface area contributed by atoms with E-state index in [0.29, 0.717) is 39.3 Å². The summed E-state index contributed by atoms with van der Waals surface area (Å²) in [4.78, 5) is 11.4. The molecule has 0 saturated heterocycles. The monoisotopic (exact) mass is 392 g/mol. The van der Waals surface area contributed by atoms with Crippen molar-refractivity contribution >= 4 is 5.97 Å². The molecule has 0 atom stereocenters. The van der Waals surface area contributed by atoms with Crippen LogP contribution in [0, 0.1) is 17.3 Å². The third-order valence-electron chi connectivity index (χ3n) is 4.46. The molecule has 0 spiro atoms. The fourth-order valence-corrected chi connectivity index (χ4v) is 2.91. The fourth-order valence-electron chi connectivity index (χ4n) is 2.91. The Morgan fingerprint density at radius 3 is 1.93 bits per heavy atom. The van der Waals surface area contributed by atoms with Crippen molar-refractivity contribution in [1.29, 1.82) is 0 Å². The molecule has 2 aromatic rings. The summed E-state index contributed by atoms with van der Waals surface area (Å²) < 4.78 is 16.6. The summed E-state index contributed by atoms with van der Waals surface area (Å²) in [5.41, 5.74) is 1.81. The molecule has 0 bridgehead atoms. The van der Waals surface area contributed by atoms with Crippen LogP contribution in [0.2, 0.25) is 0 Å². The van der Waals surface area contributed by atoms with Gasteiger partial charge < -0.3 is 14.2 Å². The second kappa shape index (κ2) is 12.6. The normalized spacial score (nSPS) is 10.7. The zero-order valence-corrected chi connectivity index (χ0v) is 16.9. The predicted molar refractivity (Wildman–Crippen MR) is 114 cm³/mol. The first-order valence-electron chi connectivity index (χ1n) is 9.58. The molecule has 0 heterocycles. The molecule has 0 N–H and O–H groups in total. The van der Waals surface area contributed by atoms with Crippen molar-refractivity contribution in [3.63, 3.8) is 0 Å². The fraction of sp³-hybridized carbons (Fsp3) is 0.320. The van der Waals surface area contributed by atoms with Gasteiger partial charge in [0.15, 0.2) is 0 Å². The predicted octanol–water partition coefficient (Wildman–Crippen LogP) is 4.55. The topological polar surface area (TPSA) is 44.8 Å². The van der Waals surface area contributed by atoms with Gasteiger partial charge in [-0.25, -0.2) is 4.79 Å². The lowest BCUT2D eigenvalue weighted by Gasteiger charge is -2.31. The lowest BCUT2D eigenvalue weighted by molar-refractivity contribution is -0.133. The molecule has 0 radical (unpaired) electrons. The number of carbonyl (C=O) groups excluding carboxylic acids is 1. The number of methoxy groups -OCH3 is 1. The molecule has 0 unspecified atom stereocenters. The van der Waals surface area contributed by atoms with E-state index in [1.807, 2.05) is 66.7 Å². The molecule has 0 amide bonds. The molecular formula is C25H28O4. The van der Waals surface area contributed by atoms with Crippen LogP contribution in [-0.2, 0) is 32.2 Å². The average Bonchev–Trinajstić information content (AvgIpc) is 2.75. The summed E-state index contributed by atoms with van der Waals surface area (Å²) in [5, 5.41) is 0. The van der Waals surface area contributed by atoms with E-state index in [4.69, 9.17) is 9.47 Å². The van der Waals surface area contributed by atoms with Gasteiger partial charge in [-0.1, -0.05) is 72.7 Å². The van der Waals surface area contributed by atoms with E-state index in [-0.39, 0.29) is 0 Å². The Kier molecular flexibility index (Phi) is 9.71. The third kappa shape index (κ3) is 8.35. The van der Waals surface area contributed by atoms with Crippen LogP contribution in [-0.4, -0.2) is 26.3 Å². The molecule has 0 aromatic heterocycles. The maximum Gasteiger partial charge on any atom is 0.384 e. The number of hydrogen-bond acceptors (Lipinski definition) is 4. The maximum absolute atomic E-state index is 11.4. The van der Waals surface area contributed by atoms with Gasteiger partial charge in [0.05, 0.1) is 33.5 Å².